The van der Waals surface area contributed by atoms with Gasteiger partial charge in [-0.1, -0.05) is 23.7 Å². The second-order valence-electron chi connectivity index (χ2n) is 10.4. The number of hydrogen-bond acceptors (Lipinski definition) is 8. The van der Waals surface area contributed by atoms with Crippen molar-refractivity contribution in [3.05, 3.63) is 91.5 Å². The van der Waals surface area contributed by atoms with E-state index in [2.05, 4.69) is 9.80 Å². The number of benzene rings is 3. The highest BCUT2D eigenvalue weighted by Gasteiger charge is 2.57. The van der Waals surface area contributed by atoms with Gasteiger partial charge in [-0.2, -0.15) is 0 Å². The fraction of sp³-hybridized carbons (Fsp3) is 0.400. The van der Waals surface area contributed by atoms with Crippen molar-refractivity contribution in [2.45, 2.75) is 37.1 Å². The lowest BCUT2D eigenvalue weighted by Crippen LogP contribution is -2.62. The van der Waals surface area contributed by atoms with Crippen LogP contribution in [0.1, 0.15) is 46.1 Å². The van der Waals surface area contributed by atoms with Crippen molar-refractivity contribution in [2.75, 3.05) is 41.5 Å². The van der Waals surface area contributed by atoms with Crippen molar-refractivity contribution in [2.24, 2.45) is 0 Å². The molecule has 3 aliphatic rings. The standard InChI is InChI=1S/C30H32ClN3O6/c1-37-23-13-18-9-12-33-28(21(18)15-25(23)39-3)29(34(35)36)27(17-5-7-20(31)8-6-17)32-11-10-19-14-24(38-2)26(40-4)16-22(19)30(32)33/h5-8,13-16,27-30H,9-12H2,1-4H3/t27-,28+,29-,30-/m1/s1. The first-order valence-electron chi connectivity index (χ1n) is 13.3. The zero-order chi connectivity index (χ0) is 28.1. The Morgan fingerprint density at radius 1 is 0.750 bits per heavy atom. The molecule has 0 spiro atoms. The van der Waals surface area contributed by atoms with Crippen LogP contribution in [-0.4, -0.2) is 62.3 Å². The van der Waals surface area contributed by atoms with Gasteiger partial charge in [-0.15, -0.1) is 0 Å². The molecule has 40 heavy (non-hydrogen) atoms. The maximum atomic E-state index is 13.1. The molecule has 0 bridgehead atoms. The van der Waals surface area contributed by atoms with E-state index in [4.69, 9.17) is 30.5 Å². The Bertz CT molecular complexity index is 1450. The predicted octanol–water partition coefficient (Wildman–Crippen LogP) is 5.23. The van der Waals surface area contributed by atoms with E-state index < -0.39 is 18.1 Å². The lowest BCUT2D eigenvalue weighted by molar-refractivity contribution is -0.550. The molecule has 3 aromatic carbocycles. The van der Waals surface area contributed by atoms with Crippen molar-refractivity contribution >= 4 is 11.6 Å². The van der Waals surface area contributed by atoms with Crippen molar-refractivity contribution in [1.29, 1.82) is 0 Å². The number of rotatable bonds is 6. The third-order valence-electron chi connectivity index (χ3n) is 8.61. The van der Waals surface area contributed by atoms with Crippen LogP contribution in [0, 0.1) is 10.1 Å². The van der Waals surface area contributed by atoms with Gasteiger partial charge in [0.1, 0.15) is 12.1 Å². The Morgan fingerprint density at radius 2 is 1.23 bits per heavy atom. The summed E-state index contributed by atoms with van der Waals surface area (Å²) in [4.78, 5) is 17.6. The Hall–Kier alpha value is -3.53. The lowest BCUT2D eigenvalue weighted by atomic mass is 9.77. The van der Waals surface area contributed by atoms with E-state index in [-0.39, 0.29) is 11.1 Å². The second kappa shape index (κ2) is 10.5. The van der Waals surface area contributed by atoms with Crippen LogP contribution in [0.3, 0.4) is 0 Å². The van der Waals surface area contributed by atoms with Crippen molar-refractivity contribution < 1.29 is 23.9 Å². The van der Waals surface area contributed by atoms with Gasteiger partial charge in [0, 0.05) is 23.0 Å². The summed E-state index contributed by atoms with van der Waals surface area (Å²) in [5.74, 6) is 2.51. The summed E-state index contributed by atoms with van der Waals surface area (Å²) in [6.07, 6.45) is 1.27. The van der Waals surface area contributed by atoms with Gasteiger partial charge >= 0.3 is 0 Å². The Balaban J connectivity index is 1.59. The number of nitro groups is 1. The molecular formula is C30H32ClN3O6. The molecule has 9 nitrogen and oxygen atoms in total. The first-order valence-corrected chi connectivity index (χ1v) is 13.7. The van der Waals surface area contributed by atoms with E-state index in [1.54, 1.807) is 28.4 Å². The highest BCUT2D eigenvalue weighted by molar-refractivity contribution is 6.30. The highest BCUT2D eigenvalue weighted by Crippen LogP contribution is 2.55. The summed E-state index contributed by atoms with van der Waals surface area (Å²) >= 11 is 6.25. The summed E-state index contributed by atoms with van der Waals surface area (Å²) in [7, 11) is 6.46. The molecule has 1 saturated heterocycles. The van der Waals surface area contributed by atoms with Gasteiger partial charge in [-0.25, -0.2) is 0 Å². The van der Waals surface area contributed by atoms with Crippen LogP contribution < -0.4 is 18.9 Å². The van der Waals surface area contributed by atoms with Crippen molar-refractivity contribution in [3.63, 3.8) is 0 Å². The fourth-order valence-electron chi connectivity index (χ4n) is 6.90. The largest absolute Gasteiger partial charge is 0.493 e. The monoisotopic (exact) mass is 565 g/mol. The first-order chi connectivity index (χ1) is 19.4. The summed E-state index contributed by atoms with van der Waals surface area (Å²) in [6, 6.07) is 13.5. The van der Waals surface area contributed by atoms with Crippen LogP contribution in [0.2, 0.25) is 5.02 Å². The minimum absolute atomic E-state index is 0.108. The predicted molar refractivity (Wildman–Crippen MR) is 150 cm³/mol. The SMILES string of the molecule is COc1cc2c(cc1OC)[C@@H]1N(CC2)[C@H](c2ccc(Cl)cc2)[C@@H]([N+](=O)[O-])[C@@H]2c3cc(OC)c(OC)cc3CCN12. The molecule has 10 heteroatoms. The minimum atomic E-state index is -0.934. The van der Waals surface area contributed by atoms with Gasteiger partial charge in [0.05, 0.1) is 34.6 Å². The minimum Gasteiger partial charge on any atom is -0.493 e. The molecule has 0 unspecified atom stereocenters. The number of halogens is 1. The molecular weight excluding hydrogens is 534 g/mol. The Kier molecular flexibility index (Phi) is 6.98. The van der Waals surface area contributed by atoms with Crippen molar-refractivity contribution in [3.8, 4) is 23.0 Å². The number of methoxy groups -OCH3 is 4. The summed E-state index contributed by atoms with van der Waals surface area (Å²) in [5, 5.41) is 13.7. The quantitative estimate of drug-likeness (QED) is 0.297. The van der Waals surface area contributed by atoms with Gasteiger partial charge in [0.2, 0.25) is 0 Å². The van der Waals surface area contributed by atoms with E-state index in [0.29, 0.717) is 41.1 Å². The van der Waals surface area contributed by atoms with Crippen molar-refractivity contribution in [1.82, 2.24) is 9.80 Å². The zero-order valence-corrected chi connectivity index (χ0v) is 23.7. The summed E-state index contributed by atoms with van der Waals surface area (Å²) < 4.78 is 22.5. The molecule has 4 atom stereocenters. The zero-order valence-electron chi connectivity index (χ0n) is 22.9. The highest BCUT2D eigenvalue weighted by atomic mass is 35.5. The molecule has 0 amide bonds. The summed E-state index contributed by atoms with van der Waals surface area (Å²) in [6.45, 7) is 1.31. The van der Waals surface area contributed by atoms with Crippen LogP contribution in [0.15, 0.2) is 48.5 Å². The number of fused-ring (bicyclic) bond motifs is 7. The molecule has 0 N–H and O–H groups in total. The van der Waals surface area contributed by atoms with Crippen LogP contribution in [0.25, 0.3) is 0 Å². The molecule has 0 aliphatic carbocycles. The number of nitrogens with zero attached hydrogens (tertiary/aromatic N) is 3. The van der Waals surface area contributed by atoms with E-state index in [0.717, 1.165) is 40.7 Å². The number of ether oxygens (including phenoxy) is 4. The van der Waals surface area contributed by atoms with Crippen LogP contribution in [-0.2, 0) is 12.8 Å². The maximum absolute atomic E-state index is 13.1. The summed E-state index contributed by atoms with van der Waals surface area (Å²) in [5.41, 5.74) is 5.05. The van der Waals surface area contributed by atoms with Gasteiger partial charge in [-0.3, -0.25) is 19.9 Å². The van der Waals surface area contributed by atoms with E-state index in [1.165, 1.54) is 0 Å². The van der Waals surface area contributed by atoms with Gasteiger partial charge in [-0.05, 0) is 77.1 Å². The Morgan fingerprint density at radius 3 is 1.75 bits per heavy atom. The van der Waals surface area contributed by atoms with Gasteiger partial charge in [0.15, 0.2) is 23.0 Å². The average Bonchev–Trinajstić information content (AvgIpc) is 2.98. The molecule has 0 radical (unpaired) electrons. The van der Waals surface area contributed by atoms with E-state index >= 15 is 0 Å². The number of hydrogen-bond donors (Lipinski definition) is 0. The van der Waals surface area contributed by atoms with Crippen LogP contribution in [0.4, 0.5) is 0 Å². The maximum Gasteiger partial charge on any atom is 0.251 e. The molecule has 0 aromatic heterocycles. The second-order valence-corrected chi connectivity index (χ2v) is 10.8. The van der Waals surface area contributed by atoms with Gasteiger partial charge in [0.25, 0.3) is 6.04 Å². The molecule has 1 fully saturated rings. The molecule has 0 saturated carbocycles. The van der Waals surface area contributed by atoms with Gasteiger partial charge < -0.3 is 18.9 Å². The average molecular weight is 566 g/mol. The molecule has 6 rings (SSSR count). The van der Waals surface area contributed by atoms with E-state index in [9.17, 15) is 10.1 Å². The molecule has 210 valence electrons. The first kappa shape index (κ1) is 26.7. The Labute approximate surface area is 238 Å². The van der Waals surface area contributed by atoms with E-state index in [1.807, 2.05) is 48.5 Å². The fourth-order valence-corrected chi connectivity index (χ4v) is 7.03. The smallest absolute Gasteiger partial charge is 0.251 e. The van der Waals surface area contributed by atoms with Crippen LogP contribution in [0.5, 0.6) is 23.0 Å². The third kappa shape index (κ3) is 4.15. The lowest BCUT2D eigenvalue weighted by Gasteiger charge is -2.56. The normalized spacial score (nSPS) is 23.7. The topological polar surface area (TPSA) is 86.5 Å². The third-order valence-corrected chi connectivity index (χ3v) is 8.86. The molecule has 3 heterocycles. The molecule has 3 aliphatic heterocycles. The van der Waals surface area contributed by atoms with Crippen LogP contribution >= 0.6 is 11.6 Å². The molecule has 3 aromatic rings.